The SMILES string of the molecule is CC(C(=O)Nc1nccs1)N1CCCc2c(NC(=O)c3ccc(F)cc3)cccc21. The molecule has 0 fully saturated rings. The lowest BCUT2D eigenvalue weighted by Gasteiger charge is -2.36. The van der Waals surface area contributed by atoms with Crippen molar-refractivity contribution in [1.29, 1.82) is 0 Å². The smallest absolute Gasteiger partial charge is 0.255 e. The monoisotopic (exact) mass is 424 g/mol. The Hall–Kier alpha value is -3.26. The number of carbonyl (C=O) groups excluding carboxylic acids is 2. The van der Waals surface area contributed by atoms with E-state index < -0.39 is 6.04 Å². The summed E-state index contributed by atoms with van der Waals surface area (Å²) in [4.78, 5) is 31.5. The number of fused-ring (bicyclic) bond motifs is 1. The largest absolute Gasteiger partial charge is 0.359 e. The van der Waals surface area contributed by atoms with Gasteiger partial charge in [0.05, 0.1) is 0 Å². The molecule has 1 aliphatic rings. The van der Waals surface area contributed by atoms with E-state index in [0.29, 0.717) is 16.4 Å². The molecule has 0 bridgehead atoms. The van der Waals surface area contributed by atoms with E-state index in [1.807, 2.05) is 30.5 Å². The quantitative estimate of drug-likeness (QED) is 0.640. The minimum Gasteiger partial charge on any atom is -0.359 e. The van der Waals surface area contributed by atoms with Gasteiger partial charge in [-0.15, -0.1) is 11.3 Å². The van der Waals surface area contributed by atoms with E-state index in [0.717, 1.165) is 30.6 Å². The van der Waals surface area contributed by atoms with Gasteiger partial charge >= 0.3 is 0 Å². The standard InChI is InChI=1S/C22H21FN4O2S/c1-14(20(28)26-22-24-11-13-30-22)27-12-3-4-17-18(5-2-6-19(17)27)25-21(29)15-7-9-16(23)10-8-15/h2,5-11,13-14H,3-4,12H2,1H3,(H,25,29)(H,24,26,28). The van der Waals surface area contributed by atoms with Crippen molar-refractivity contribution >= 4 is 39.7 Å². The van der Waals surface area contributed by atoms with Crippen LogP contribution in [0.15, 0.2) is 54.0 Å². The summed E-state index contributed by atoms with van der Waals surface area (Å²) in [5.41, 5.74) is 3.02. The van der Waals surface area contributed by atoms with Gasteiger partial charge in [0.2, 0.25) is 5.91 Å². The lowest BCUT2D eigenvalue weighted by atomic mass is 9.98. The van der Waals surface area contributed by atoms with Crippen molar-refractivity contribution in [3.05, 3.63) is 71.0 Å². The molecule has 0 radical (unpaired) electrons. The van der Waals surface area contributed by atoms with Gasteiger partial charge in [0, 0.05) is 35.1 Å². The van der Waals surface area contributed by atoms with E-state index >= 15 is 0 Å². The number of carbonyl (C=O) groups is 2. The van der Waals surface area contributed by atoms with Crippen LogP contribution in [0.2, 0.25) is 0 Å². The first kappa shape index (κ1) is 20.0. The van der Waals surface area contributed by atoms with Crippen molar-refractivity contribution in [2.24, 2.45) is 0 Å². The zero-order chi connectivity index (χ0) is 21.1. The molecule has 1 unspecified atom stereocenters. The van der Waals surface area contributed by atoms with Gasteiger partial charge in [0.25, 0.3) is 5.91 Å². The summed E-state index contributed by atoms with van der Waals surface area (Å²) in [6, 6.07) is 10.7. The van der Waals surface area contributed by atoms with Gasteiger partial charge in [-0.3, -0.25) is 9.59 Å². The molecular formula is C22H21FN4O2S. The van der Waals surface area contributed by atoms with E-state index in [1.165, 1.54) is 35.6 Å². The van der Waals surface area contributed by atoms with Crippen molar-refractivity contribution in [3.8, 4) is 0 Å². The minimum absolute atomic E-state index is 0.126. The summed E-state index contributed by atoms with van der Waals surface area (Å²) in [6.07, 6.45) is 3.31. The predicted molar refractivity (Wildman–Crippen MR) is 117 cm³/mol. The van der Waals surface area contributed by atoms with Gasteiger partial charge in [-0.2, -0.15) is 0 Å². The van der Waals surface area contributed by atoms with Crippen molar-refractivity contribution in [2.45, 2.75) is 25.8 Å². The van der Waals surface area contributed by atoms with Crippen molar-refractivity contribution in [3.63, 3.8) is 0 Å². The summed E-state index contributed by atoms with van der Waals surface area (Å²) >= 11 is 1.38. The van der Waals surface area contributed by atoms with E-state index in [9.17, 15) is 14.0 Å². The molecule has 0 saturated carbocycles. The summed E-state index contributed by atoms with van der Waals surface area (Å²) in [6.45, 7) is 2.61. The van der Waals surface area contributed by atoms with Crippen molar-refractivity contribution < 1.29 is 14.0 Å². The van der Waals surface area contributed by atoms with Gasteiger partial charge in [0.1, 0.15) is 11.9 Å². The highest BCUT2D eigenvalue weighted by molar-refractivity contribution is 7.13. The van der Waals surface area contributed by atoms with Crippen LogP contribution in [-0.4, -0.2) is 29.4 Å². The number of hydrogen-bond donors (Lipinski definition) is 2. The number of benzene rings is 2. The van der Waals surface area contributed by atoms with E-state index in [2.05, 4.69) is 20.5 Å². The maximum Gasteiger partial charge on any atom is 0.255 e. The number of halogens is 1. The Kier molecular flexibility index (Phi) is 5.76. The molecule has 2 amide bonds. The highest BCUT2D eigenvalue weighted by Gasteiger charge is 2.28. The highest BCUT2D eigenvalue weighted by Crippen LogP contribution is 2.34. The molecule has 3 aromatic rings. The van der Waals surface area contributed by atoms with Crippen LogP contribution in [0.25, 0.3) is 0 Å². The molecule has 2 heterocycles. The second-order valence-electron chi connectivity index (χ2n) is 7.06. The Morgan fingerprint density at radius 2 is 1.97 bits per heavy atom. The predicted octanol–water partition coefficient (Wildman–Crippen LogP) is 4.31. The maximum atomic E-state index is 13.1. The van der Waals surface area contributed by atoms with Gasteiger partial charge < -0.3 is 15.5 Å². The Bertz CT molecular complexity index is 1050. The third kappa shape index (κ3) is 4.18. The normalized spacial score (nSPS) is 14.0. The zero-order valence-electron chi connectivity index (χ0n) is 16.4. The first-order valence-corrected chi connectivity index (χ1v) is 10.6. The summed E-state index contributed by atoms with van der Waals surface area (Å²) in [5.74, 6) is -0.807. The molecule has 2 aromatic carbocycles. The number of hydrogen-bond acceptors (Lipinski definition) is 5. The summed E-state index contributed by atoms with van der Waals surface area (Å²) < 4.78 is 13.1. The highest BCUT2D eigenvalue weighted by atomic mass is 32.1. The van der Waals surface area contributed by atoms with Crippen LogP contribution < -0.4 is 15.5 Å². The van der Waals surface area contributed by atoms with Crippen molar-refractivity contribution in [2.75, 3.05) is 22.1 Å². The number of rotatable bonds is 5. The number of amides is 2. The molecule has 0 saturated heterocycles. The average molecular weight is 425 g/mol. The van der Waals surface area contributed by atoms with Crippen molar-refractivity contribution in [1.82, 2.24) is 4.98 Å². The Balaban J connectivity index is 1.55. The molecule has 6 nitrogen and oxygen atoms in total. The van der Waals surface area contributed by atoms with Gasteiger partial charge in [-0.25, -0.2) is 9.37 Å². The molecule has 1 aromatic heterocycles. The van der Waals surface area contributed by atoms with Gasteiger partial charge in [-0.05, 0) is 61.7 Å². The molecule has 4 rings (SSSR count). The number of anilines is 3. The molecule has 1 aliphatic heterocycles. The number of nitrogens with one attached hydrogen (secondary N) is 2. The topological polar surface area (TPSA) is 74.3 Å². The van der Waals surface area contributed by atoms with E-state index in [-0.39, 0.29) is 17.6 Å². The molecule has 0 spiro atoms. The number of nitrogens with zero attached hydrogens (tertiary/aromatic N) is 2. The fourth-order valence-electron chi connectivity index (χ4n) is 3.60. The summed E-state index contributed by atoms with van der Waals surface area (Å²) in [5, 5.41) is 8.17. The first-order valence-electron chi connectivity index (χ1n) is 9.69. The molecule has 1 atom stereocenters. The van der Waals surface area contributed by atoms with E-state index in [1.54, 1.807) is 6.20 Å². The zero-order valence-corrected chi connectivity index (χ0v) is 17.2. The fraction of sp³-hybridized carbons (Fsp3) is 0.227. The molecular weight excluding hydrogens is 403 g/mol. The number of thiazole rings is 1. The average Bonchev–Trinajstić information content (AvgIpc) is 3.26. The van der Waals surface area contributed by atoms with Crippen LogP contribution in [0.5, 0.6) is 0 Å². The molecule has 0 aliphatic carbocycles. The maximum absolute atomic E-state index is 13.1. The molecule has 154 valence electrons. The Labute approximate surface area is 177 Å². The van der Waals surface area contributed by atoms with Gasteiger partial charge in [0.15, 0.2) is 5.13 Å². The van der Waals surface area contributed by atoms with Crippen LogP contribution in [0.1, 0.15) is 29.3 Å². The Morgan fingerprint density at radius 3 is 2.70 bits per heavy atom. The second kappa shape index (κ2) is 8.62. The fourth-order valence-corrected chi connectivity index (χ4v) is 4.14. The Morgan fingerprint density at radius 1 is 1.17 bits per heavy atom. The number of aromatic nitrogens is 1. The minimum atomic E-state index is -0.393. The third-order valence-electron chi connectivity index (χ3n) is 5.15. The molecule has 2 N–H and O–H groups in total. The lowest BCUT2D eigenvalue weighted by molar-refractivity contribution is -0.117. The first-order chi connectivity index (χ1) is 14.5. The molecule has 8 heteroatoms. The van der Waals surface area contributed by atoms with Crippen LogP contribution in [-0.2, 0) is 11.2 Å². The molecule has 30 heavy (non-hydrogen) atoms. The van der Waals surface area contributed by atoms with Crippen LogP contribution in [0, 0.1) is 5.82 Å². The third-order valence-corrected chi connectivity index (χ3v) is 5.84. The lowest BCUT2D eigenvalue weighted by Crippen LogP contribution is -2.44. The second-order valence-corrected chi connectivity index (χ2v) is 7.96. The van der Waals surface area contributed by atoms with E-state index in [4.69, 9.17) is 0 Å². The van der Waals surface area contributed by atoms with Gasteiger partial charge in [-0.1, -0.05) is 6.07 Å². The summed E-state index contributed by atoms with van der Waals surface area (Å²) in [7, 11) is 0. The van der Waals surface area contributed by atoms with Crippen LogP contribution in [0.3, 0.4) is 0 Å². The van der Waals surface area contributed by atoms with Crippen LogP contribution >= 0.6 is 11.3 Å². The van der Waals surface area contributed by atoms with Crippen LogP contribution in [0.4, 0.5) is 20.9 Å².